The van der Waals surface area contributed by atoms with Crippen molar-refractivity contribution in [3.63, 3.8) is 0 Å². The van der Waals surface area contributed by atoms with E-state index in [1.54, 1.807) is 13.8 Å². The maximum Gasteiger partial charge on any atom is 0.408 e. The highest BCUT2D eigenvalue weighted by atomic mass is 32.2. The Morgan fingerprint density at radius 2 is 1.04 bits per heavy atom. The second-order valence-corrected chi connectivity index (χ2v) is 14.2. The molecule has 4 aromatic carbocycles. The molecule has 3 N–H and O–H groups in total. The largest absolute Gasteiger partial charge is 0.459 e. The number of rotatable bonds is 21. The number of amides is 3. The van der Waals surface area contributed by atoms with E-state index in [4.69, 9.17) is 14.2 Å². The molecular formula is C43H49N3O8S. The third kappa shape index (κ3) is 15.7. The van der Waals surface area contributed by atoms with Crippen LogP contribution in [0.5, 0.6) is 0 Å². The summed E-state index contributed by atoms with van der Waals surface area (Å²) in [5, 5.41) is 8.21. The van der Waals surface area contributed by atoms with Crippen molar-refractivity contribution in [2.45, 2.75) is 76.8 Å². The second-order valence-electron chi connectivity index (χ2n) is 13.2. The molecule has 55 heavy (non-hydrogen) atoms. The van der Waals surface area contributed by atoms with Crippen LogP contribution in [-0.2, 0) is 59.0 Å². The SMILES string of the molecule is CC(C)[C@@H](NC(=O)[C@H](CSCc1ccccc1)NC(=O)CCC[C@H](NC(=O)OCc1ccccc1)C(=O)OCc1ccccc1)C(=O)OCc1ccccc1. The number of carbonyl (C=O) groups excluding carboxylic acids is 5. The van der Waals surface area contributed by atoms with E-state index in [0.29, 0.717) is 5.75 Å². The predicted molar refractivity (Wildman–Crippen MR) is 211 cm³/mol. The van der Waals surface area contributed by atoms with Gasteiger partial charge in [-0.15, -0.1) is 0 Å². The first kappa shape index (κ1) is 42.1. The van der Waals surface area contributed by atoms with Gasteiger partial charge < -0.3 is 30.2 Å². The average molecular weight is 768 g/mol. The van der Waals surface area contributed by atoms with Gasteiger partial charge in [0, 0.05) is 17.9 Å². The molecule has 3 amide bonds. The second kappa shape index (κ2) is 23.2. The van der Waals surface area contributed by atoms with Gasteiger partial charge in [0.25, 0.3) is 0 Å². The molecule has 4 aromatic rings. The number of hydrogen-bond donors (Lipinski definition) is 3. The Balaban J connectivity index is 1.36. The lowest BCUT2D eigenvalue weighted by molar-refractivity contribution is -0.150. The van der Waals surface area contributed by atoms with Crippen LogP contribution in [0.2, 0.25) is 0 Å². The van der Waals surface area contributed by atoms with E-state index < -0.39 is 48.0 Å². The lowest BCUT2D eigenvalue weighted by Crippen LogP contribution is -2.54. The molecule has 0 unspecified atom stereocenters. The van der Waals surface area contributed by atoms with Gasteiger partial charge in [-0.2, -0.15) is 11.8 Å². The number of carbonyl (C=O) groups is 5. The number of ether oxygens (including phenoxy) is 3. The summed E-state index contributed by atoms with van der Waals surface area (Å²) < 4.78 is 16.4. The minimum atomic E-state index is -1.09. The highest BCUT2D eigenvalue weighted by molar-refractivity contribution is 7.98. The molecule has 290 valence electrons. The van der Waals surface area contributed by atoms with Gasteiger partial charge in [0.05, 0.1) is 0 Å². The zero-order valence-corrected chi connectivity index (χ0v) is 32.0. The Morgan fingerprint density at radius 1 is 0.564 bits per heavy atom. The fourth-order valence-electron chi connectivity index (χ4n) is 5.34. The van der Waals surface area contributed by atoms with Gasteiger partial charge in [-0.05, 0) is 41.0 Å². The van der Waals surface area contributed by atoms with Crippen LogP contribution in [0.15, 0.2) is 121 Å². The highest BCUT2D eigenvalue weighted by Gasteiger charge is 2.30. The number of alkyl carbamates (subject to hydrolysis) is 1. The van der Waals surface area contributed by atoms with Gasteiger partial charge >= 0.3 is 18.0 Å². The number of nitrogens with one attached hydrogen (secondary N) is 3. The molecule has 3 atom stereocenters. The lowest BCUT2D eigenvalue weighted by atomic mass is 10.0. The summed E-state index contributed by atoms with van der Waals surface area (Å²) in [6.45, 7) is 3.69. The fourth-order valence-corrected chi connectivity index (χ4v) is 6.36. The van der Waals surface area contributed by atoms with E-state index in [-0.39, 0.29) is 50.8 Å². The molecule has 0 bridgehead atoms. The van der Waals surface area contributed by atoms with Crippen LogP contribution in [0.4, 0.5) is 4.79 Å². The zero-order valence-electron chi connectivity index (χ0n) is 31.2. The predicted octanol–water partition coefficient (Wildman–Crippen LogP) is 6.50. The Hall–Kier alpha value is -5.62. The van der Waals surface area contributed by atoms with Gasteiger partial charge in [-0.3, -0.25) is 9.59 Å². The molecule has 0 aliphatic carbocycles. The first-order valence-electron chi connectivity index (χ1n) is 18.3. The topological polar surface area (TPSA) is 149 Å². The zero-order chi connectivity index (χ0) is 39.3. The minimum Gasteiger partial charge on any atom is -0.459 e. The van der Waals surface area contributed by atoms with Crippen LogP contribution < -0.4 is 16.0 Å². The number of hydrogen-bond acceptors (Lipinski definition) is 9. The van der Waals surface area contributed by atoms with E-state index in [9.17, 15) is 24.0 Å². The summed E-state index contributed by atoms with van der Waals surface area (Å²) in [6.07, 6.45) is -0.599. The molecule has 0 aromatic heterocycles. The number of thioether (sulfide) groups is 1. The summed E-state index contributed by atoms with van der Waals surface area (Å²) >= 11 is 1.47. The highest BCUT2D eigenvalue weighted by Crippen LogP contribution is 2.15. The number of benzene rings is 4. The smallest absolute Gasteiger partial charge is 0.408 e. The minimum absolute atomic E-state index is 0.00596. The molecule has 0 aliphatic heterocycles. The Morgan fingerprint density at radius 3 is 1.55 bits per heavy atom. The quantitative estimate of drug-likeness (QED) is 0.0639. The van der Waals surface area contributed by atoms with Crippen LogP contribution in [0.1, 0.15) is 55.4 Å². The van der Waals surface area contributed by atoms with Gasteiger partial charge in [0.2, 0.25) is 11.8 Å². The molecule has 11 nitrogen and oxygen atoms in total. The standard InChI is InChI=1S/C43H49N3O8S/c1-31(2)39(42(50)53-27-33-18-9-4-10-19-33)46-40(48)37(30-55-29-35-22-13-6-14-23-35)44-38(47)25-15-24-36(41(49)52-26-32-16-7-3-8-17-32)45-43(51)54-28-34-20-11-5-12-21-34/h3-14,16-23,31,36-37,39H,15,24-30H2,1-2H3,(H,44,47)(H,45,51)(H,46,48)/t36-,37-,39+/m0/s1. The van der Waals surface area contributed by atoms with Crippen molar-refractivity contribution in [1.82, 2.24) is 16.0 Å². The van der Waals surface area contributed by atoms with Crippen molar-refractivity contribution in [2.24, 2.45) is 5.92 Å². The lowest BCUT2D eigenvalue weighted by Gasteiger charge is -2.25. The van der Waals surface area contributed by atoms with Crippen LogP contribution in [0.25, 0.3) is 0 Å². The van der Waals surface area contributed by atoms with Crippen molar-refractivity contribution in [3.8, 4) is 0 Å². The van der Waals surface area contributed by atoms with E-state index in [1.165, 1.54) is 11.8 Å². The summed E-state index contributed by atoms with van der Waals surface area (Å²) in [5.41, 5.74) is 3.43. The van der Waals surface area contributed by atoms with E-state index in [1.807, 2.05) is 121 Å². The first-order chi connectivity index (χ1) is 26.7. The third-order valence-corrected chi connectivity index (χ3v) is 9.51. The molecular weight excluding hydrogens is 719 g/mol. The molecule has 4 rings (SSSR count). The first-order valence-corrected chi connectivity index (χ1v) is 19.4. The van der Waals surface area contributed by atoms with E-state index >= 15 is 0 Å². The van der Waals surface area contributed by atoms with Gasteiger partial charge in [0.1, 0.15) is 37.9 Å². The van der Waals surface area contributed by atoms with Crippen LogP contribution in [0.3, 0.4) is 0 Å². The van der Waals surface area contributed by atoms with Crippen LogP contribution in [-0.4, -0.2) is 53.7 Å². The average Bonchev–Trinajstić information content (AvgIpc) is 3.20. The Labute approximate surface area is 326 Å². The van der Waals surface area contributed by atoms with Crippen molar-refractivity contribution in [1.29, 1.82) is 0 Å². The molecule has 0 saturated carbocycles. The fraction of sp³-hybridized carbons (Fsp3) is 0.326. The molecule has 0 radical (unpaired) electrons. The van der Waals surface area contributed by atoms with Crippen molar-refractivity contribution in [2.75, 3.05) is 5.75 Å². The van der Waals surface area contributed by atoms with E-state index in [0.717, 1.165) is 22.3 Å². The third-order valence-electron chi connectivity index (χ3n) is 8.40. The molecule has 0 spiro atoms. The van der Waals surface area contributed by atoms with Crippen LogP contribution in [0, 0.1) is 5.92 Å². The van der Waals surface area contributed by atoms with Crippen LogP contribution >= 0.6 is 11.8 Å². The van der Waals surface area contributed by atoms with Gasteiger partial charge in [-0.1, -0.05) is 135 Å². The molecule has 0 saturated heterocycles. The normalized spacial score (nSPS) is 12.4. The maximum absolute atomic E-state index is 13.7. The maximum atomic E-state index is 13.7. The summed E-state index contributed by atoms with van der Waals surface area (Å²) in [5.74, 6) is -1.65. The Kier molecular flexibility index (Phi) is 17.8. The number of esters is 2. The molecule has 12 heteroatoms. The summed E-state index contributed by atoms with van der Waals surface area (Å²) in [4.78, 5) is 66.0. The monoisotopic (exact) mass is 767 g/mol. The van der Waals surface area contributed by atoms with E-state index in [2.05, 4.69) is 16.0 Å². The molecule has 0 fully saturated rings. The van der Waals surface area contributed by atoms with Gasteiger partial charge in [0.15, 0.2) is 0 Å². The summed E-state index contributed by atoms with van der Waals surface area (Å²) in [7, 11) is 0. The summed E-state index contributed by atoms with van der Waals surface area (Å²) in [6, 6.07) is 34.2. The molecule has 0 aliphatic rings. The molecule has 0 heterocycles. The van der Waals surface area contributed by atoms with Crippen molar-refractivity contribution >= 4 is 41.6 Å². The van der Waals surface area contributed by atoms with Crippen molar-refractivity contribution in [3.05, 3.63) is 144 Å². The van der Waals surface area contributed by atoms with Gasteiger partial charge in [-0.25, -0.2) is 14.4 Å². The van der Waals surface area contributed by atoms with Crippen molar-refractivity contribution < 1.29 is 38.2 Å². The Bertz CT molecular complexity index is 1780.